The van der Waals surface area contributed by atoms with Crippen LogP contribution in [0.1, 0.15) is 46.0 Å². The Hall–Kier alpha value is -3.03. The van der Waals surface area contributed by atoms with Crippen molar-refractivity contribution in [2.45, 2.75) is 32.2 Å². The third kappa shape index (κ3) is 3.63. The standard InChI is InChI=1S/C18H21N3O5/c1-3-20-14(23)10-11-6-4-7-12-15(11)18(26)21(17(12)25)13(8-5-9-22)16(24)19-2/h4,6-7,9,13H,3,5,8,10H2,1-2H3,(H,19,24)(H,20,23). The largest absolute Gasteiger partial charge is 0.357 e. The average molecular weight is 359 g/mol. The second kappa shape index (κ2) is 8.37. The lowest BCUT2D eigenvalue weighted by Crippen LogP contribution is -2.48. The number of rotatable bonds is 8. The topological polar surface area (TPSA) is 113 Å². The molecule has 0 spiro atoms. The van der Waals surface area contributed by atoms with E-state index in [9.17, 15) is 24.0 Å². The van der Waals surface area contributed by atoms with Crippen molar-refractivity contribution in [1.29, 1.82) is 0 Å². The molecule has 8 nitrogen and oxygen atoms in total. The van der Waals surface area contributed by atoms with Crippen molar-refractivity contribution >= 4 is 29.9 Å². The van der Waals surface area contributed by atoms with Gasteiger partial charge in [0.1, 0.15) is 12.3 Å². The Labute approximate surface area is 150 Å². The van der Waals surface area contributed by atoms with Crippen molar-refractivity contribution in [1.82, 2.24) is 15.5 Å². The molecule has 0 bridgehead atoms. The molecule has 1 heterocycles. The third-order valence-corrected chi connectivity index (χ3v) is 4.18. The SMILES string of the molecule is CCNC(=O)Cc1cccc2c1C(=O)N(C(CCC=O)C(=O)NC)C2=O. The van der Waals surface area contributed by atoms with Gasteiger partial charge in [0.25, 0.3) is 11.8 Å². The van der Waals surface area contributed by atoms with Crippen molar-refractivity contribution < 1.29 is 24.0 Å². The van der Waals surface area contributed by atoms with Gasteiger partial charge in [0.2, 0.25) is 11.8 Å². The molecule has 138 valence electrons. The molecule has 1 aromatic rings. The maximum absolute atomic E-state index is 12.9. The number of imide groups is 1. The van der Waals surface area contributed by atoms with E-state index >= 15 is 0 Å². The third-order valence-electron chi connectivity index (χ3n) is 4.18. The highest BCUT2D eigenvalue weighted by Gasteiger charge is 2.43. The molecule has 0 aliphatic carbocycles. The van der Waals surface area contributed by atoms with E-state index in [1.165, 1.54) is 13.1 Å². The van der Waals surface area contributed by atoms with Gasteiger partial charge >= 0.3 is 0 Å². The van der Waals surface area contributed by atoms with Gasteiger partial charge in [-0.15, -0.1) is 0 Å². The Morgan fingerprint density at radius 2 is 1.96 bits per heavy atom. The Morgan fingerprint density at radius 3 is 2.58 bits per heavy atom. The molecule has 1 aliphatic rings. The lowest BCUT2D eigenvalue weighted by molar-refractivity contribution is -0.125. The summed E-state index contributed by atoms with van der Waals surface area (Å²) >= 11 is 0. The van der Waals surface area contributed by atoms with Crippen LogP contribution in [0.3, 0.4) is 0 Å². The number of benzene rings is 1. The number of likely N-dealkylation sites (N-methyl/N-ethyl adjacent to an activating group) is 2. The summed E-state index contributed by atoms with van der Waals surface area (Å²) in [7, 11) is 1.40. The van der Waals surface area contributed by atoms with E-state index in [1.54, 1.807) is 19.1 Å². The van der Waals surface area contributed by atoms with Crippen LogP contribution in [0.2, 0.25) is 0 Å². The summed E-state index contributed by atoms with van der Waals surface area (Å²) in [4.78, 5) is 61.2. The first-order chi connectivity index (χ1) is 12.5. The fraction of sp³-hybridized carbons (Fsp3) is 0.389. The Balaban J connectivity index is 2.40. The van der Waals surface area contributed by atoms with E-state index in [0.717, 1.165) is 4.90 Å². The van der Waals surface area contributed by atoms with Gasteiger partial charge in [0, 0.05) is 20.0 Å². The monoisotopic (exact) mass is 359 g/mol. The minimum absolute atomic E-state index is 0.0388. The molecule has 1 aromatic carbocycles. The number of amides is 4. The van der Waals surface area contributed by atoms with Crippen LogP contribution in [0.25, 0.3) is 0 Å². The van der Waals surface area contributed by atoms with E-state index in [0.29, 0.717) is 18.4 Å². The Bertz CT molecular complexity index is 759. The van der Waals surface area contributed by atoms with Crippen molar-refractivity contribution in [2.75, 3.05) is 13.6 Å². The molecule has 8 heteroatoms. The number of fused-ring (bicyclic) bond motifs is 1. The van der Waals surface area contributed by atoms with E-state index in [4.69, 9.17) is 0 Å². The Kier molecular flexibility index (Phi) is 6.21. The molecule has 0 saturated heterocycles. The van der Waals surface area contributed by atoms with Crippen LogP contribution in [-0.4, -0.2) is 54.4 Å². The van der Waals surface area contributed by atoms with Crippen LogP contribution in [-0.2, 0) is 20.8 Å². The molecule has 2 N–H and O–H groups in total. The predicted molar refractivity (Wildman–Crippen MR) is 92.5 cm³/mol. The number of hydrogen-bond acceptors (Lipinski definition) is 5. The fourth-order valence-electron chi connectivity index (χ4n) is 3.01. The minimum atomic E-state index is -1.07. The van der Waals surface area contributed by atoms with Gasteiger partial charge in [-0.2, -0.15) is 0 Å². The first-order valence-corrected chi connectivity index (χ1v) is 8.37. The van der Waals surface area contributed by atoms with Crippen LogP contribution < -0.4 is 10.6 Å². The molecule has 1 aliphatic heterocycles. The van der Waals surface area contributed by atoms with E-state index in [-0.39, 0.29) is 36.3 Å². The molecule has 0 saturated carbocycles. The highest BCUT2D eigenvalue weighted by atomic mass is 16.2. The maximum Gasteiger partial charge on any atom is 0.262 e. The van der Waals surface area contributed by atoms with Gasteiger partial charge in [-0.3, -0.25) is 24.1 Å². The minimum Gasteiger partial charge on any atom is -0.357 e. The quantitative estimate of drug-likeness (QED) is 0.503. The van der Waals surface area contributed by atoms with Crippen LogP contribution >= 0.6 is 0 Å². The number of hydrogen-bond donors (Lipinski definition) is 2. The van der Waals surface area contributed by atoms with Gasteiger partial charge in [-0.1, -0.05) is 12.1 Å². The second-order valence-corrected chi connectivity index (χ2v) is 5.82. The van der Waals surface area contributed by atoms with E-state index < -0.39 is 23.8 Å². The highest BCUT2D eigenvalue weighted by molar-refractivity contribution is 6.23. The van der Waals surface area contributed by atoms with Gasteiger partial charge in [0.05, 0.1) is 17.5 Å². The summed E-state index contributed by atoms with van der Waals surface area (Å²) < 4.78 is 0. The predicted octanol–water partition coefficient (Wildman–Crippen LogP) is 0.0549. The first kappa shape index (κ1) is 19.3. The van der Waals surface area contributed by atoms with Crippen molar-refractivity contribution in [3.63, 3.8) is 0 Å². The lowest BCUT2D eigenvalue weighted by atomic mass is 10.00. The first-order valence-electron chi connectivity index (χ1n) is 8.37. The van der Waals surface area contributed by atoms with Gasteiger partial charge in [-0.05, 0) is 25.0 Å². The van der Waals surface area contributed by atoms with Crippen molar-refractivity contribution in [2.24, 2.45) is 0 Å². The molecule has 0 fully saturated rings. The molecule has 0 aromatic heterocycles. The zero-order valence-electron chi connectivity index (χ0n) is 14.7. The number of carbonyl (C=O) groups excluding carboxylic acids is 5. The van der Waals surface area contributed by atoms with Crippen LogP contribution in [0.5, 0.6) is 0 Å². The second-order valence-electron chi connectivity index (χ2n) is 5.82. The Morgan fingerprint density at radius 1 is 1.23 bits per heavy atom. The summed E-state index contributed by atoms with van der Waals surface area (Å²) in [6, 6.07) is 3.64. The van der Waals surface area contributed by atoms with Gasteiger partial charge in [0.15, 0.2) is 0 Å². The zero-order valence-corrected chi connectivity index (χ0v) is 14.7. The van der Waals surface area contributed by atoms with Crippen LogP contribution in [0, 0.1) is 0 Å². The van der Waals surface area contributed by atoms with Crippen LogP contribution in [0.4, 0.5) is 0 Å². The van der Waals surface area contributed by atoms with Gasteiger partial charge in [-0.25, -0.2) is 0 Å². The molecule has 4 amide bonds. The summed E-state index contributed by atoms with van der Waals surface area (Å²) in [6.07, 6.45) is 0.676. The zero-order chi connectivity index (χ0) is 19.3. The number of carbonyl (C=O) groups is 5. The molecule has 0 radical (unpaired) electrons. The average Bonchev–Trinajstić information content (AvgIpc) is 2.88. The summed E-state index contributed by atoms with van der Waals surface area (Å²) in [5.41, 5.74) is 0.737. The number of nitrogens with one attached hydrogen (secondary N) is 2. The molecule has 2 rings (SSSR count). The highest BCUT2D eigenvalue weighted by Crippen LogP contribution is 2.29. The van der Waals surface area contributed by atoms with E-state index in [2.05, 4.69) is 10.6 Å². The van der Waals surface area contributed by atoms with E-state index in [1.807, 2.05) is 0 Å². The summed E-state index contributed by atoms with van der Waals surface area (Å²) in [5.74, 6) is -2.00. The molecular weight excluding hydrogens is 338 g/mol. The lowest BCUT2D eigenvalue weighted by Gasteiger charge is -2.24. The molecule has 1 unspecified atom stereocenters. The molecule has 1 atom stereocenters. The van der Waals surface area contributed by atoms with Gasteiger partial charge < -0.3 is 15.4 Å². The summed E-state index contributed by atoms with van der Waals surface area (Å²) in [6.45, 7) is 2.24. The normalized spacial score (nSPS) is 14.0. The fourth-order valence-corrected chi connectivity index (χ4v) is 3.01. The molecule has 26 heavy (non-hydrogen) atoms. The summed E-state index contributed by atoms with van der Waals surface area (Å²) in [5, 5.41) is 5.07. The van der Waals surface area contributed by atoms with Crippen molar-refractivity contribution in [3.8, 4) is 0 Å². The molecular formula is C18H21N3O5. The van der Waals surface area contributed by atoms with Crippen molar-refractivity contribution in [3.05, 3.63) is 34.9 Å². The smallest absolute Gasteiger partial charge is 0.262 e. The number of nitrogens with zero attached hydrogens (tertiary/aromatic N) is 1. The number of aldehydes is 1. The maximum atomic E-state index is 12.9. The van der Waals surface area contributed by atoms with Crippen LogP contribution in [0.15, 0.2) is 18.2 Å².